The van der Waals surface area contributed by atoms with E-state index in [1.165, 1.54) is 14.2 Å². The zero-order chi connectivity index (χ0) is 23.8. The van der Waals surface area contributed by atoms with Crippen molar-refractivity contribution in [3.8, 4) is 22.9 Å². The quantitative estimate of drug-likeness (QED) is 0.376. The second-order valence-corrected chi connectivity index (χ2v) is 7.34. The first-order chi connectivity index (χ1) is 15.9. The standard InChI is InChI=1S/C22H23ClN4O6/c1-31-16-6-3-7-17(32-2)18(16)20(28)25-15(5-4-12-24-22(29)30)21-26-19(27-33-21)13-8-10-14(23)11-9-13/h3,6-11,15,24H,4-5,12H2,1-2H3,(H,25,28)(H,29,30)/t15-/m0/s1. The number of halogens is 1. The van der Waals surface area contributed by atoms with Gasteiger partial charge in [-0.25, -0.2) is 4.79 Å². The Labute approximate surface area is 194 Å². The van der Waals surface area contributed by atoms with Gasteiger partial charge in [0.15, 0.2) is 0 Å². The van der Waals surface area contributed by atoms with Gasteiger partial charge in [-0.05, 0) is 49.2 Å². The summed E-state index contributed by atoms with van der Waals surface area (Å²) in [5.41, 5.74) is 0.909. The van der Waals surface area contributed by atoms with E-state index < -0.39 is 18.0 Å². The summed E-state index contributed by atoms with van der Waals surface area (Å²) < 4.78 is 16.1. The Kier molecular flexibility index (Phi) is 8.09. The largest absolute Gasteiger partial charge is 0.496 e. The van der Waals surface area contributed by atoms with Crippen LogP contribution in [0.15, 0.2) is 47.0 Å². The van der Waals surface area contributed by atoms with Gasteiger partial charge in [0.05, 0.1) is 14.2 Å². The number of benzene rings is 2. The molecular weight excluding hydrogens is 452 g/mol. The van der Waals surface area contributed by atoms with Crippen molar-refractivity contribution in [2.24, 2.45) is 0 Å². The average molecular weight is 475 g/mol. The first-order valence-corrected chi connectivity index (χ1v) is 10.4. The van der Waals surface area contributed by atoms with E-state index in [4.69, 9.17) is 30.7 Å². The average Bonchev–Trinajstić information content (AvgIpc) is 3.30. The fraction of sp³-hybridized carbons (Fsp3) is 0.273. The molecular formula is C22H23ClN4O6. The molecule has 10 nitrogen and oxygen atoms in total. The molecule has 0 unspecified atom stereocenters. The summed E-state index contributed by atoms with van der Waals surface area (Å²) in [7, 11) is 2.91. The molecule has 3 aromatic rings. The van der Waals surface area contributed by atoms with Crippen LogP contribution in [-0.4, -0.2) is 48.0 Å². The highest BCUT2D eigenvalue weighted by atomic mass is 35.5. The zero-order valence-corrected chi connectivity index (χ0v) is 18.8. The number of amides is 2. The maximum atomic E-state index is 13.2. The number of rotatable bonds is 10. The monoisotopic (exact) mass is 474 g/mol. The lowest BCUT2D eigenvalue weighted by molar-refractivity contribution is 0.0918. The highest BCUT2D eigenvalue weighted by molar-refractivity contribution is 6.30. The molecule has 174 valence electrons. The van der Waals surface area contributed by atoms with Crippen molar-refractivity contribution < 1.29 is 28.7 Å². The third kappa shape index (κ3) is 6.13. The summed E-state index contributed by atoms with van der Waals surface area (Å²) >= 11 is 5.93. The van der Waals surface area contributed by atoms with Gasteiger partial charge in [0, 0.05) is 17.1 Å². The Hall–Kier alpha value is -3.79. The molecule has 0 radical (unpaired) electrons. The molecule has 11 heteroatoms. The molecule has 2 amide bonds. The molecule has 3 rings (SSSR count). The lowest BCUT2D eigenvalue weighted by Crippen LogP contribution is -2.30. The van der Waals surface area contributed by atoms with Gasteiger partial charge in [0.2, 0.25) is 11.7 Å². The van der Waals surface area contributed by atoms with Gasteiger partial charge >= 0.3 is 6.09 Å². The minimum atomic E-state index is -1.13. The summed E-state index contributed by atoms with van der Waals surface area (Å²) in [6, 6.07) is 11.2. The fourth-order valence-electron chi connectivity index (χ4n) is 3.16. The third-order valence-corrected chi connectivity index (χ3v) is 5.00. The number of carbonyl (C=O) groups excluding carboxylic acids is 1. The Bertz CT molecular complexity index is 1080. The van der Waals surface area contributed by atoms with Crippen molar-refractivity contribution in [2.45, 2.75) is 18.9 Å². The van der Waals surface area contributed by atoms with Crippen molar-refractivity contribution >= 4 is 23.6 Å². The van der Waals surface area contributed by atoms with E-state index >= 15 is 0 Å². The second-order valence-electron chi connectivity index (χ2n) is 6.90. The molecule has 1 atom stereocenters. The lowest BCUT2D eigenvalue weighted by Gasteiger charge is -2.18. The Balaban J connectivity index is 1.85. The normalized spacial score (nSPS) is 11.5. The van der Waals surface area contributed by atoms with E-state index in [2.05, 4.69) is 20.8 Å². The smallest absolute Gasteiger partial charge is 0.404 e. The van der Waals surface area contributed by atoms with Crippen molar-refractivity contribution in [3.05, 3.63) is 58.9 Å². The Morgan fingerprint density at radius 3 is 2.39 bits per heavy atom. The minimum absolute atomic E-state index is 0.178. The number of carboxylic acid groups (broad SMARTS) is 1. The molecule has 0 aliphatic carbocycles. The molecule has 0 aliphatic heterocycles. The molecule has 2 aromatic carbocycles. The van der Waals surface area contributed by atoms with Crippen molar-refractivity contribution in [1.82, 2.24) is 20.8 Å². The summed E-state index contributed by atoms with van der Waals surface area (Å²) in [6.07, 6.45) is -0.373. The van der Waals surface area contributed by atoms with E-state index in [9.17, 15) is 9.59 Å². The van der Waals surface area contributed by atoms with Gasteiger partial charge in [0.25, 0.3) is 5.91 Å². The van der Waals surface area contributed by atoms with Crippen LogP contribution < -0.4 is 20.1 Å². The van der Waals surface area contributed by atoms with Crippen LogP contribution in [0.5, 0.6) is 11.5 Å². The van der Waals surface area contributed by atoms with Crippen LogP contribution in [-0.2, 0) is 0 Å². The number of carbonyl (C=O) groups is 2. The van der Waals surface area contributed by atoms with Crippen LogP contribution in [0.3, 0.4) is 0 Å². The summed E-state index contributed by atoms with van der Waals surface area (Å²) in [5, 5.41) is 18.5. The maximum Gasteiger partial charge on any atom is 0.404 e. The van der Waals surface area contributed by atoms with E-state index in [1.54, 1.807) is 42.5 Å². The zero-order valence-electron chi connectivity index (χ0n) is 18.0. The van der Waals surface area contributed by atoms with Crippen molar-refractivity contribution in [1.29, 1.82) is 0 Å². The van der Waals surface area contributed by atoms with Crippen LogP contribution >= 0.6 is 11.6 Å². The second kappa shape index (κ2) is 11.2. The molecule has 0 saturated carbocycles. The number of aromatic nitrogens is 2. The molecule has 0 aliphatic rings. The van der Waals surface area contributed by atoms with Gasteiger partial charge in [-0.3, -0.25) is 4.79 Å². The van der Waals surface area contributed by atoms with Crippen LogP contribution in [0.1, 0.15) is 35.1 Å². The van der Waals surface area contributed by atoms with Crippen LogP contribution in [0.2, 0.25) is 5.02 Å². The molecule has 0 bridgehead atoms. The molecule has 0 spiro atoms. The minimum Gasteiger partial charge on any atom is -0.496 e. The predicted molar refractivity (Wildman–Crippen MR) is 120 cm³/mol. The summed E-state index contributed by atoms with van der Waals surface area (Å²) in [6.45, 7) is 0.192. The SMILES string of the molecule is COc1cccc(OC)c1C(=O)N[C@@H](CCCNC(=O)O)c1nc(-c2ccc(Cl)cc2)no1. The number of hydrogen-bond donors (Lipinski definition) is 3. The highest BCUT2D eigenvalue weighted by Crippen LogP contribution is 2.30. The summed E-state index contributed by atoms with van der Waals surface area (Å²) in [5.74, 6) is 0.722. The van der Waals surface area contributed by atoms with Gasteiger partial charge in [-0.1, -0.05) is 22.8 Å². The summed E-state index contributed by atoms with van der Waals surface area (Å²) in [4.78, 5) is 28.3. The first kappa shape index (κ1) is 23.9. The molecule has 3 N–H and O–H groups in total. The highest BCUT2D eigenvalue weighted by Gasteiger charge is 2.26. The number of nitrogens with zero attached hydrogens (tertiary/aromatic N) is 2. The topological polar surface area (TPSA) is 136 Å². The predicted octanol–water partition coefficient (Wildman–Crippen LogP) is 3.93. The lowest BCUT2D eigenvalue weighted by atomic mass is 10.1. The first-order valence-electron chi connectivity index (χ1n) is 10.0. The van der Waals surface area contributed by atoms with Crippen molar-refractivity contribution in [2.75, 3.05) is 20.8 Å². The number of methoxy groups -OCH3 is 2. The molecule has 1 aromatic heterocycles. The number of hydrogen-bond acceptors (Lipinski definition) is 7. The van der Waals surface area contributed by atoms with Crippen molar-refractivity contribution in [3.63, 3.8) is 0 Å². The molecule has 33 heavy (non-hydrogen) atoms. The van der Waals surface area contributed by atoms with Crippen LogP contribution in [0, 0.1) is 0 Å². The van der Waals surface area contributed by atoms with E-state index in [1.807, 2.05) is 0 Å². The van der Waals surface area contributed by atoms with E-state index in [0.717, 1.165) is 0 Å². The Morgan fingerprint density at radius 1 is 1.12 bits per heavy atom. The molecule has 0 fully saturated rings. The Morgan fingerprint density at radius 2 is 1.79 bits per heavy atom. The van der Waals surface area contributed by atoms with E-state index in [0.29, 0.717) is 40.8 Å². The van der Waals surface area contributed by atoms with Crippen LogP contribution in [0.4, 0.5) is 4.79 Å². The number of nitrogens with one attached hydrogen (secondary N) is 2. The van der Waals surface area contributed by atoms with Gasteiger partial charge in [-0.15, -0.1) is 0 Å². The fourth-order valence-corrected chi connectivity index (χ4v) is 3.28. The van der Waals surface area contributed by atoms with Crippen LogP contribution in [0.25, 0.3) is 11.4 Å². The maximum absolute atomic E-state index is 13.2. The number of ether oxygens (including phenoxy) is 2. The van der Waals surface area contributed by atoms with Gasteiger partial charge < -0.3 is 29.7 Å². The molecule has 0 saturated heterocycles. The van der Waals surface area contributed by atoms with E-state index in [-0.39, 0.29) is 18.0 Å². The molecule has 1 heterocycles. The van der Waals surface area contributed by atoms with Gasteiger partial charge in [-0.2, -0.15) is 4.98 Å². The third-order valence-electron chi connectivity index (χ3n) is 4.75. The van der Waals surface area contributed by atoms with Gasteiger partial charge in [0.1, 0.15) is 23.1 Å².